The zero-order chi connectivity index (χ0) is 18.8. The van der Waals surface area contributed by atoms with Crippen molar-refractivity contribution in [1.29, 1.82) is 0 Å². The maximum atomic E-state index is 13.0. The van der Waals surface area contributed by atoms with Crippen LogP contribution >= 0.6 is 0 Å². The second-order valence-electron chi connectivity index (χ2n) is 8.01. The average molecular weight is 367 g/mol. The summed E-state index contributed by atoms with van der Waals surface area (Å²) >= 11 is 0. The lowest BCUT2D eigenvalue weighted by molar-refractivity contribution is 0.0910. The van der Waals surface area contributed by atoms with Gasteiger partial charge < -0.3 is 10.1 Å². The van der Waals surface area contributed by atoms with Gasteiger partial charge in [0.2, 0.25) is 0 Å². The minimum atomic E-state index is -0.270. The Hall–Kier alpha value is -2.36. The summed E-state index contributed by atoms with van der Waals surface area (Å²) in [6.07, 6.45) is 5.26. The second-order valence-corrected chi connectivity index (χ2v) is 8.01. The zero-order valence-corrected chi connectivity index (χ0v) is 15.7. The van der Waals surface area contributed by atoms with Crippen molar-refractivity contribution >= 4 is 5.91 Å². The second kappa shape index (κ2) is 7.71. The summed E-state index contributed by atoms with van der Waals surface area (Å²) in [6, 6.07) is 13.7. The Morgan fingerprint density at radius 2 is 1.93 bits per heavy atom. The smallest absolute Gasteiger partial charge is 0.255 e. The predicted octanol–water partition coefficient (Wildman–Crippen LogP) is 4.96. The van der Waals surface area contributed by atoms with E-state index in [0.717, 1.165) is 17.4 Å². The summed E-state index contributed by atoms with van der Waals surface area (Å²) in [4.78, 5) is 12.9. The molecule has 2 aliphatic rings. The standard InChI is InChI=1S/C23H26FNO2/c1-15(21-13-17-6-9-18(21)12-17)25-23(26)20-4-2-3-5-22(20)27-14-16-7-10-19(24)11-8-16/h2-5,7-8,10-11,15,17-18,21H,6,9,12-14H2,1H3,(H,25,26)/t15-,17+,18+,21+/m0/s1. The van der Waals surface area contributed by atoms with Gasteiger partial charge >= 0.3 is 0 Å². The number of nitrogens with one attached hydrogen (secondary N) is 1. The summed E-state index contributed by atoms with van der Waals surface area (Å²) < 4.78 is 18.9. The van der Waals surface area contributed by atoms with Gasteiger partial charge in [-0.25, -0.2) is 4.39 Å². The first-order valence-electron chi connectivity index (χ1n) is 9.87. The van der Waals surface area contributed by atoms with E-state index in [1.165, 1.54) is 37.8 Å². The topological polar surface area (TPSA) is 38.3 Å². The quantitative estimate of drug-likeness (QED) is 0.784. The number of hydrogen-bond donors (Lipinski definition) is 1. The molecule has 2 aromatic rings. The van der Waals surface area contributed by atoms with E-state index in [9.17, 15) is 9.18 Å². The van der Waals surface area contributed by atoms with E-state index in [4.69, 9.17) is 4.74 Å². The van der Waals surface area contributed by atoms with Crippen LogP contribution in [-0.2, 0) is 6.61 Å². The van der Waals surface area contributed by atoms with Crippen LogP contribution in [0.15, 0.2) is 48.5 Å². The summed E-state index contributed by atoms with van der Waals surface area (Å²) in [6.45, 7) is 2.43. The number of carbonyl (C=O) groups excluding carboxylic acids is 1. The molecule has 4 atom stereocenters. The number of hydrogen-bond acceptors (Lipinski definition) is 2. The van der Waals surface area contributed by atoms with Crippen LogP contribution in [0.1, 0.15) is 48.5 Å². The highest BCUT2D eigenvalue weighted by Crippen LogP contribution is 2.49. The fraction of sp³-hybridized carbons (Fsp3) is 0.435. The van der Waals surface area contributed by atoms with Crippen molar-refractivity contribution in [3.05, 3.63) is 65.5 Å². The van der Waals surface area contributed by atoms with Gasteiger partial charge in [-0.05, 0) is 73.8 Å². The number of fused-ring (bicyclic) bond motifs is 2. The minimum absolute atomic E-state index is 0.0834. The molecule has 3 nitrogen and oxygen atoms in total. The average Bonchev–Trinajstić information content (AvgIpc) is 3.31. The van der Waals surface area contributed by atoms with Gasteiger partial charge in [-0.2, -0.15) is 0 Å². The molecule has 1 N–H and O–H groups in total. The highest BCUT2D eigenvalue weighted by atomic mass is 19.1. The Morgan fingerprint density at radius 1 is 1.15 bits per heavy atom. The van der Waals surface area contributed by atoms with Crippen LogP contribution in [0.2, 0.25) is 0 Å². The van der Waals surface area contributed by atoms with Crippen LogP contribution in [-0.4, -0.2) is 11.9 Å². The van der Waals surface area contributed by atoms with Crippen molar-refractivity contribution in [2.75, 3.05) is 0 Å². The molecule has 2 aliphatic carbocycles. The van der Waals surface area contributed by atoms with Crippen LogP contribution in [0.5, 0.6) is 5.75 Å². The summed E-state index contributed by atoms with van der Waals surface area (Å²) in [7, 11) is 0. The normalized spacial score (nSPS) is 24.6. The van der Waals surface area contributed by atoms with Gasteiger partial charge in [-0.1, -0.05) is 30.7 Å². The molecular formula is C23H26FNO2. The highest BCUT2D eigenvalue weighted by molar-refractivity contribution is 5.97. The van der Waals surface area contributed by atoms with Crippen LogP contribution in [0, 0.1) is 23.6 Å². The number of para-hydroxylation sites is 1. The molecule has 0 aromatic heterocycles. The molecule has 1 amide bonds. The predicted molar refractivity (Wildman–Crippen MR) is 103 cm³/mol. The SMILES string of the molecule is C[C@H](NC(=O)c1ccccc1OCc1ccc(F)cc1)[C@H]1C[C@@H]2CC[C@@H]1C2. The third-order valence-corrected chi connectivity index (χ3v) is 6.23. The maximum Gasteiger partial charge on any atom is 0.255 e. The van der Waals surface area contributed by atoms with E-state index in [0.29, 0.717) is 23.8 Å². The van der Waals surface area contributed by atoms with E-state index in [2.05, 4.69) is 12.2 Å². The summed E-state index contributed by atoms with van der Waals surface area (Å²) in [5.41, 5.74) is 1.41. The van der Waals surface area contributed by atoms with E-state index < -0.39 is 0 Å². The monoisotopic (exact) mass is 367 g/mol. The number of amides is 1. The Kier molecular flexibility index (Phi) is 5.15. The molecule has 2 saturated carbocycles. The van der Waals surface area contributed by atoms with Gasteiger partial charge in [0.1, 0.15) is 18.2 Å². The van der Waals surface area contributed by atoms with Crippen molar-refractivity contribution in [3.63, 3.8) is 0 Å². The Morgan fingerprint density at radius 3 is 2.63 bits per heavy atom. The lowest BCUT2D eigenvalue weighted by Gasteiger charge is -2.28. The van der Waals surface area contributed by atoms with Gasteiger partial charge in [0.15, 0.2) is 0 Å². The van der Waals surface area contributed by atoms with Crippen molar-refractivity contribution in [2.45, 2.75) is 45.3 Å². The summed E-state index contributed by atoms with van der Waals surface area (Å²) in [5, 5.41) is 3.20. The maximum absolute atomic E-state index is 13.0. The van der Waals surface area contributed by atoms with Crippen LogP contribution in [0.4, 0.5) is 4.39 Å². The van der Waals surface area contributed by atoms with Crippen molar-refractivity contribution in [2.24, 2.45) is 17.8 Å². The number of benzene rings is 2. The molecule has 2 bridgehead atoms. The third-order valence-electron chi connectivity index (χ3n) is 6.23. The zero-order valence-electron chi connectivity index (χ0n) is 15.7. The molecular weight excluding hydrogens is 341 g/mol. The highest BCUT2D eigenvalue weighted by Gasteiger charge is 2.42. The Labute approximate surface area is 159 Å². The third kappa shape index (κ3) is 4.00. The number of ether oxygens (including phenoxy) is 1. The fourth-order valence-electron chi connectivity index (χ4n) is 4.82. The Bertz CT molecular complexity index is 804. The fourth-order valence-corrected chi connectivity index (χ4v) is 4.82. The van der Waals surface area contributed by atoms with Gasteiger partial charge in [0.25, 0.3) is 5.91 Å². The number of halogens is 1. The van der Waals surface area contributed by atoms with Crippen LogP contribution < -0.4 is 10.1 Å². The van der Waals surface area contributed by atoms with E-state index >= 15 is 0 Å². The molecule has 0 radical (unpaired) electrons. The lowest BCUT2D eigenvalue weighted by Crippen LogP contribution is -2.40. The first-order chi connectivity index (χ1) is 13.1. The number of rotatable bonds is 6. The molecule has 2 fully saturated rings. The van der Waals surface area contributed by atoms with Crippen molar-refractivity contribution < 1.29 is 13.9 Å². The molecule has 4 heteroatoms. The molecule has 0 spiro atoms. The van der Waals surface area contributed by atoms with Gasteiger partial charge in [-0.15, -0.1) is 0 Å². The lowest BCUT2D eigenvalue weighted by atomic mass is 9.84. The number of carbonyl (C=O) groups is 1. The van der Waals surface area contributed by atoms with Gasteiger partial charge in [-0.3, -0.25) is 4.79 Å². The molecule has 0 unspecified atom stereocenters. The molecule has 0 heterocycles. The molecule has 142 valence electrons. The molecule has 27 heavy (non-hydrogen) atoms. The van der Waals surface area contributed by atoms with E-state index in [1.807, 2.05) is 12.1 Å². The molecule has 4 rings (SSSR count). The minimum Gasteiger partial charge on any atom is -0.488 e. The molecule has 2 aromatic carbocycles. The van der Waals surface area contributed by atoms with Crippen molar-refractivity contribution in [1.82, 2.24) is 5.32 Å². The first-order valence-corrected chi connectivity index (χ1v) is 9.87. The van der Waals surface area contributed by atoms with Crippen molar-refractivity contribution in [3.8, 4) is 5.75 Å². The largest absolute Gasteiger partial charge is 0.488 e. The molecule has 0 aliphatic heterocycles. The summed E-state index contributed by atoms with van der Waals surface area (Å²) in [5.74, 6) is 2.44. The van der Waals surface area contributed by atoms with Gasteiger partial charge in [0, 0.05) is 6.04 Å². The Balaban J connectivity index is 1.40. The van der Waals surface area contributed by atoms with E-state index in [1.54, 1.807) is 24.3 Å². The van der Waals surface area contributed by atoms with E-state index in [-0.39, 0.29) is 17.8 Å². The van der Waals surface area contributed by atoms with Crippen LogP contribution in [0.25, 0.3) is 0 Å². The van der Waals surface area contributed by atoms with Gasteiger partial charge in [0.05, 0.1) is 5.56 Å². The molecule has 0 saturated heterocycles. The first kappa shape index (κ1) is 18.0. The van der Waals surface area contributed by atoms with Crippen LogP contribution in [0.3, 0.4) is 0 Å².